The Morgan fingerprint density at radius 3 is 2.70 bits per heavy atom. The van der Waals surface area contributed by atoms with Gasteiger partial charge in [-0.3, -0.25) is 4.79 Å². The van der Waals surface area contributed by atoms with E-state index in [4.69, 9.17) is 14.6 Å². The summed E-state index contributed by atoms with van der Waals surface area (Å²) in [7, 11) is 3.73. The van der Waals surface area contributed by atoms with E-state index in [2.05, 4.69) is 11.9 Å². The quantitative estimate of drug-likeness (QED) is 0.837. The summed E-state index contributed by atoms with van der Waals surface area (Å²) in [5.41, 5.74) is 1.04. The van der Waals surface area contributed by atoms with E-state index in [1.165, 1.54) is 0 Å². The smallest absolute Gasteiger partial charge is 0.303 e. The minimum Gasteiger partial charge on any atom is -0.493 e. The van der Waals surface area contributed by atoms with Gasteiger partial charge in [0.2, 0.25) is 0 Å². The molecule has 0 spiro atoms. The molecule has 5 nitrogen and oxygen atoms in total. The number of likely N-dealkylation sites (tertiary alicyclic amines) is 1. The van der Waals surface area contributed by atoms with Crippen LogP contribution in [0.4, 0.5) is 0 Å². The molecule has 1 aromatic rings. The van der Waals surface area contributed by atoms with E-state index in [1.54, 1.807) is 7.11 Å². The second-order valence-corrected chi connectivity index (χ2v) is 6.74. The number of carboxylic acids is 1. The van der Waals surface area contributed by atoms with E-state index in [9.17, 15) is 4.79 Å². The Balaban J connectivity index is 1.76. The first-order chi connectivity index (χ1) is 11.1. The highest BCUT2D eigenvalue weighted by Crippen LogP contribution is 2.46. The molecule has 0 aromatic heterocycles. The fourth-order valence-corrected chi connectivity index (χ4v) is 3.43. The molecular formula is C18H25NO4. The Bertz CT molecular complexity index is 570. The van der Waals surface area contributed by atoms with Gasteiger partial charge in [-0.25, -0.2) is 0 Å². The van der Waals surface area contributed by atoms with Crippen molar-refractivity contribution in [1.82, 2.24) is 4.90 Å². The Hall–Kier alpha value is -1.75. The second-order valence-electron chi connectivity index (χ2n) is 6.74. The Morgan fingerprint density at radius 2 is 2.13 bits per heavy atom. The predicted octanol–water partition coefficient (Wildman–Crippen LogP) is 2.75. The molecule has 3 rings (SSSR count). The number of likely N-dealkylation sites (N-methyl/N-ethyl adjacent to an activating group) is 1. The summed E-state index contributed by atoms with van der Waals surface area (Å²) < 4.78 is 11.6. The van der Waals surface area contributed by atoms with Crippen LogP contribution in [-0.2, 0) is 4.79 Å². The first kappa shape index (κ1) is 16.1. The average molecular weight is 319 g/mol. The number of nitrogens with zero attached hydrogens (tertiary/aromatic N) is 1. The molecule has 2 atom stereocenters. The molecule has 1 aliphatic carbocycles. The fraction of sp³-hybridized carbons (Fsp3) is 0.611. The summed E-state index contributed by atoms with van der Waals surface area (Å²) in [5, 5.41) is 9.16. The third kappa shape index (κ3) is 3.96. The molecule has 0 bridgehead atoms. The molecular weight excluding hydrogens is 294 g/mol. The number of benzene rings is 1. The van der Waals surface area contributed by atoms with Gasteiger partial charge in [-0.05, 0) is 55.8 Å². The van der Waals surface area contributed by atoms with Crippen molar-refractivity contribution < 1.29 is 19.4 Å². The van der Waals surface area contributed by atoms with Crippen LogP contribution in [0.2, 0.25) is 0 Å². The van der Waals surface area contributed by atoms with Crippen LogP contribution in [0.3, 0.4) is 0 Å². The Kier molecular flexibility index (Phi) is 4.76. The summed E-state index contributed by atoms with van der Waals surface area (Å²) in [6, 6.07) is 5.89. The van der Waals surface area contributed by atoms with Crippen molar-refractivity contribution >= 4 is 5.97 Å². The molecule has 5 heteroatoms. The number of aliphatic carboxylic acids is 1. The van der Waals surface area contributed by atoms with Gasteiger partial charge < -0.3 is 19.5 Å². The molecule has 2 aliphatic rings. The molecule has 0 amide bonds. The number of carboxylic acid groups (broad SMARTS) is 1. The average Bonchev–Trinajstić information content (AvgIpc) is 3.28. The second kappa shape index (κ2) is 6.79. The largest absolute Gasteiger partial charge is 0.493 e. The molecule has 1 saturated heterocycles. The van der Waals surface area contributed by atoms with Gasteiger partial charge in [0, 0.05) is 13.1 Å². The van der Waals surface area contributed by atoms with Gasteiger partial charge in [0.25, 0.3) is 0 Å². The van der Waals surface area contributed by atoms with Crippen LogP contribution in [0.15, 0.2) is 18.2 Å². The summed E-state index contributed by atoms with van der Waals surface area (Å²) in [6.45, 7) is 1.97. The standard InChI is InChI=1S/C18H25NO4/c1-19-8-7-14(11-19)23-16-6-5-13(9-17(16)22-2)15(10-18(20)21)12-3-4-12/h5-6,9,12,14-15H,3-4,7-8,10-11H2,1-2H3,(H,20,21). The van der Waals surface area contributed by atoms with Crippen molar-refractivity contribution in [1.29, 1.82) is 0 Å². The van der Waals surface area contributed by atoms with Crippen LogP contribution >= 0.6 is 0 Å². The van der Waals surface area contributed by atoms with Crippen LogP contribution in [0.1, 0.15) is 37.2 Å². The van der Waals surface area contributed by atoms with E-state index in [0.29, 0.717) is 11.7 Å². The first-order valence-corrected chi connectivity index (χ1v) is 8.31. The van der Waals surface area contributed by atoms with Gasteiger partial charge in [-0.15, -0.1) is 0 Å². The molecule has 0 radical (unpaired) electrons. The van der Waals surface area contributed by atoms with Gasteiger partial charge >= 0.3 is 5.97 Å². The molecule has 1 aromatic carbocycles. The number of methoxy groups -OCH3 is 1. The zero-order valence-electron chi connectivity index (χ0n) is 13.8. The number of hydrogen-bond donors (Lipinski definition) is 1. The van der Waals surface area contributed by atoms with Crippen LogP contribution in [-0.4, -0.2) is 49.3 Å². The monoisotopic (exact) mass is 319 g/mol. The number of ether oxygens (including phenoxy) is 2. The summed E-state index contributed by atoms with van der Waals surface area (Å²) in [5.74, 6) is 1.28. The fourth-order valence-electron chi connectivity index (χ4n) is 3.43. The molecule has 1 N–H and O–H groups in total. The molecule has 23 heavy (non-hydrogen) atoms. The maximum Gasteiger partial charge on any atom is 0.303 e. The number of carbonyl (C=O) groups is 1. The number of hydrogen-bond acceptors (Lipinski definition) is 4. The van der Waals surface area contributed by atoms with E-state index in [0.717, 1.165) is 43.7 Å². The van der Waals surface area contributed by atoms with Crippen molar-refractivity contribution in [2.75, 3.05) is 27.2 Å². The van der Waals surface area contributed by atoms with Gasteiger partial charge in [0.05, 0.1) is 13.5 Å². The van der Waals surface area contributed by atoms with Crippen molar-refractivity contribution in [2.24, 2.45) is 5.92 Å². The predicted molar refractivity (Wildman–Crippen MR) is 87.2 cm³/mol. The lowest BCUT2D eigenvalue weighted by Crippen LogP contribution is -2.21. The molecule has 2 unspecified atom stereocenters. The Morgan fingerprint density at radius 1 is 1.35 bits per heavy atom. The first-order valence-electron chi connectivity index (χ1n) is 8.31. The zero-order valence-corrected chi connectivity index (χ0v) is 13.8. The Labute approximate surface area is 137 Å². The lowest BCUT2D eigenvalue weighted by molar-refractivity contribution is -0.137. The van der Waals surface area contributed by atoms with Crippen LogP contribution < -0.4 is 9.47 Å². The van der Waals surface area contributed by atoms with Crippen molar-refractivity contribution in [3.8, 4) is 11.5 Å². The van der Waals surface area contributed by atoms with E-state index < -0.39 is 5.97 Å². The highest BCUT2D eigenvalue weighted by Gasteiger charge is 2.34. The minimum absolute atomic E-state index is 0.0769. The molecule has 1 aliphatic heterocycles. The molecule has 126 valence electrons. The normalized spacial score (nSPS) is 22.8. The van der Waals surface area contributed by atoms with E-state index in [1.807, 2.05) is 18.2 Å². The molecule has 1 heterocycles. The molecule has 1 saturated carbocycles. The van der Waals surface area contributed by atoms with Crippen LogP contribution in [0.5, 0.6) is 11.5 Å². The van der Waals surface area contributed by atoms with Gasteiger partial charge in [0.1, 0.15) is 6.10 Å². The minimum atomic E-state index is -0.741. The SMILES string of the molecule is COc1cc(C(CC(=O)O)C2CC2)ccc1OC1CCN(C)C1. The highest BCUT2D eigenvalue weighted by atomic mass is 16.5. The summed E-state index contributed by atoms with van der Waals surface area (Å²) >= 11 is 0. The maximum absolute atomic E-state index is 11.1. The van der Waals surface area contributed by atoms with Gasteiger partial charge in [0.15, 0.2) is 11.5 Å². The van der Waals surface area contributed by atoms with Crippen molar-refractivity contribution in [3.05, 3.63) is 23.8 Å². The highest BCUT2D eigenvalue weighted by molar-refractivity contribution is 5.68. The van der Waals surface area contributed by atoms with Gasteiger partial charge in [-0.1, -0.05) is 6.07 Å². The zero-order chi connectivity index (χ0) is 16.4. The van der Waals surface area contributed by atoms with E-state index in [-0.39, 0.29) is 18.4 Å². The lowest BCUT2D eigenvalue weighted by atomic mass is 9.91. The third-order valence-electron chi connectivity index (χ3n) is 4.84. The summed E-state index contributed by atoms with van der Waals surface area (Å²) in [4.78, 5) is 13.4. The number of rotatable bonds is 7. The molecule has 2 fully saturated rings. The topological polar surface area (TPSA) is 59.0 Å². The maximum atomic E-state index is 11.1. The van der Waals surface area contributed by atoms with Crippen molar-refractivity contribution in [3.63, 3.8) is 0 Å². The van der Waals surface area contributed by atoms with Crippen LogP contribution in [0, 0.1) is 5.92 Å². The third-order valence-corrected chi connectivity index (χ3v) is 4.84. The van der Waals surface area contributed by atoms with Crippen molar-refractivity contribution in [2.45, 2.75) is 37.7 Å². The van der Waals surface area contributed by atoms with Crippen LogP contribution in [0.25, 0.3) is 0 Å². The lowest BCUT2D eigenvalue weighted by Gasteiger charge is -2.19. The van der Waals surface area contributed by atoms with E-state index >= 15 is 0 Å². The summed E-state index contributed by atoms with van der Waals surface area (Å²) in [6.07, 6.45) is 3.63. The van der Waals surface area contributed by atoms with Gasteiger partial charge in [-0.2, -0.15) is 0 Å².